The molecule has 1 N–H and O–H groups in total. The lowest BCUT2D eigenvalue weighted by molar-refractivity contribution is -0.119. The van der Waals surface area contributed by atoms with Crippen LogP contribution in [0.3, 0.4) is 0 Å². The highest BCUT2D eigenvalue weighted by Gasteiger charge is 2.27. The van der Waals surface area contributed by atoms with Crippen LogP contribution in [0.25, 0.3) is 0 Å². The molecule has 4 heteroatoms. The van der Waals surface area contributed by atoms with Gasteiger partial charge in [-0.25, -0.2) is 4.79 Å². The summed E-state index contributed by atoms with van der Waals surface area (Å²) in [7, 11) is 0. The highest BCUT2D eigenvalue weighted by atomic mass is 16.4. The number of carboxylic acids is 1. The molecule has 4 nitrogen and oxygen atoms in total. The summed E-state index contributed by atoms with van der Waals surface area (Å²) in [6, 6.07) is 5.13. The van der Waals surface area contributed by atoms with Crippen LogP contribution in [-0.2, 0) is 11.2 Å². The van der Waals surface area contributed by atoms with E-state index in [1.807, 2.05) is 4.90 Å². The zero-order valence-corrected chi connectivity index (χ0v) is 12.2. The van der Waals surface area contributed by atoms with Crippen LogP contribution in [0.1, 0.15) is 54.4 Å². The topological polar surface area (TPSA) is 57.6 Å². The normalized spacial score (nSPS) is 19.4. The Hall–Kier alpha value is -1.84. The Labute approximate surface area is 124 Å². The minimum atomic E-state index is -0.909. The third-order valence-corrected chi connectivity index (χ3v) is 4.69. The first kappa shape index (κ1) is 14.1. The number of nitrogens with zero attached hydrogens (tertiary/aromatic N) is 1. The molecule has 1 aliphatic heterocycles. The Bertz CT molecular complexity index is 561. The van der Waals surface area contributed by atoms with Crippen molar-refractivity contribution in [1.29, 1.82) is 0 Å². The number of hydrogen-bond acceptors (Lipinski definition) is 2. The number of amides is 1. The summed E-state index contributed by atoms with van der Waals surface area (Å²) >= 11 is 0. The number of aromatic carboxylic acids is 1. The standard InChI is InChI=1S/C17H21NO3/c19-16-9-7-13-10-14(17(20)21)6-8-15(13)18(16)11-12-4-2-1-3-5-12/h6,8,10,12H,1-5,7,9,11H2,(H,20,21). The smallest absolute Gasteiger partial charge is 0.335 e. The highest BCUT2D eigenvalue weighted by Crippen LogP contribution is 2.32. The third-order valence-electron chi connectivity index (χ3n) is 4.69. The maximum atomic E-state index is 12.3. The summed E-state index contributed by atoms with van der Waals surface area (Å²) in [5.74, 6) is -0.141. The second-order valence-electron chi connectivity index (χ2n) is 6.16. The Balaban J connectivity index is 1.84. The zero-order chi connectivity index (χ0) is 14.8. The minimum absolute atomic E-state index is 0.177. The number of rotatable bonds is 3. The molecule has 3 rings (SSSR count). The maximum absolute atomic E-state index is 12.3. The first-order chi connectivity index (χ1) is 10.1. The number of benzene rings is 1. The van der Waals surface area contributed by atoms with Crippen LogP contribution in [0.15, 0.2) is 18.2 Å². The average molecular weight is 287 g/mol. The van der Waals surface area contributed by atoms with Crippen LogP contribution >= 0.6 is 0 Å². The van der Waals surface area contributed by atoms with Gasteiger partial charge in [0.25, 0.3) is 0 Å². The van der Waals surface area contributed by atoms with Crippen molar-refractivity contribution in [3.05, 3.63) is 29.3 Å². The first-order valence-electron chi connectivity index (χ1n) is 7.82. The van der Waals surface area contributed by atoms with E-state index in [2.05, 4.69) is 0 Å². The molecule has 1 saturated carbocycles. The van der Waals surface area contributed by atoms with Gasteiger partial charge in [0.05, 0.1) is 5.56 Å². The van der Waals surface area contributed by atoms with Gasteiger partial charge < -0.3 is 10.0 Å². The number of anilines is 1. The van der Waals surface area contributed by atoms with Crippen LogP contribution in [0.2, 0.25) is 0 Å². The van der Waals surface area contributed by atoms with E-state index in [4.69, 9.17) is 5.11 Å². The Morgan fingerprint density at radius 1 is 1.19 bits per heavy atom. The fourth-order valence-electron chi connectivity index (χ4n) is 3.52. The summed E-state index contributed by atoms with van der Waals surface area (Å²) in [5.41, 5.74) is 2.22. The van der Waals surface area contributed by atoms with Gasteiger partial charge in [-0.05, 0) is 48.9 Å². The predicted octanol–water partition coefficient (Wildman–Crippen LogP) is 3.24. The van der Waals surface area contributed by atoms with E-state index < -0.39 is 5.97 Å². The number of carbonyl (C=O) groups excluding carboxylic acids is 1. The Kier molecular flexibility index (Phi) is 3.95. The molecule has 1 heterocycles. The van der Waals surface area contributed by atoms with Crippen molar-refractivity contribution in [3.8, 4) is 0 Å². The summed E-state index contributed by atoms with van der Waals surface area (Å²) in [6.07, 6.45) is 7.37. The van der Waals surface area contributed by atoms with Gasteiger partial charge in [-0.1, -0.05) is 19.3 Å². The maximum Gasteiger partial charge on any atom is 0.335 e. The van der Waals surface area contributed by atoms with Gasteiger partial charge in [0, 0.05) is 18.7 Å². The van der Waals surface area contributed by atoms with Gasteiger partial charge in [0.15, 0.2) is 0 Å². The van der Waals surface area contributed by atoms with Crippen LogP contribution in [-0.4, -0.2) is 23.5 Å². The fraction of sp³-hybridized carbons (Fsp3) is 0.529. The lowest BCUT2D eigenvalue weighted by atomic mass is 9.88. The van der Waals surface area contributed by atoms with Crippen molar-refractivity contribution < 1.29 is 14.7 Å². The number of aryl methyl sites for hydroxylation is 1. The van der Waals surface area contributed by atoms with Crippen molar-refractivity contribution in [2.75, 3.05) is 11.4 Å². The van der Waals surface area contributed by atoms with Gasteiger partial charge >= 0.3 is 5.97 Å². The second-order valence-corrected chi connectivity index (χ2v) is 6.16. The van der Waals surface area contributed by atoms with E-state index in [-0.39, 0.29) is 5.91 Å². The quantitative estimate of drug-likeness (QED) is 0.928. The van der Waals surface area contributed by atoms with Crippen molar-refractivity contribution >= 4 is 17.6 Å². The zero-order valence-electron chi connectivity index (χ0n) is 12.2. The van der Waals surface area contributed by atoms with Crippen LogP contribution < -0.4 is 4.90 Å². The Morgan fingerprint density at radius 3 is 2.67 bits per heavy atom. The lowest BCUT2D eigenvalue weighted by Crippen LogP contribution is -2.39. The molecule has 1 fully saturated rings. The molecule has 112 valence electrons. The van der Waals surface area contributed by atoms with Gasteiger partial charge in [0.2, 0.25) is 5.91 Å². The Morgan fingerprint density at radius 2 is 1.95 bits per heavy atom. The number of hydrogen-bond donors (Lipinski definition) is 1. The van der Waals surface area contributed by atoms with E-state index in [0.29, 0.717) is 24.3 Å². The molecule has 1 aromatic rings. The van der Waals surface area contributed by atoms with E-state index in [1.54, 1.807) is 18.2 Å². The molecular formula is C17H21NO3. The largest absolute Gasteiger partial charge is 0.478 e. The molecule has 0 bridgehead atoms. The van der Waals surface area contributed by atoms with Crippen LogP contribution in [0, 0.1) is 5.92 Å². The monoisotopic (exact) mass is 287 g/mol. The third kappa shape index (κ3) is 2.94. The fourth-order valence-corrected chi connectivity index (χ4v) is 3.52. The molecule has 0 saturated heterocycles. The summed E-state index contributed by atoms with van der Waals surface area (Å²) in [4.78, 5) is 25.2. The van der Waals surface area contributed by atoms with E-state index in [9.17, 15) is 9.59 Å². The molecule has 1 aromatic carbocycles. The SMILES string of the molecule is O=C(O)c1ccc2c(c1)CCC(=O)N2CC1CCCCC1. The van der Waals surface area contributed by atoms with E-state index in [1.165, 1.54) is 32.1 Å². The summed E-state index contributed by atoms with van der Waals surface area (Å²) < 4.78 is 0. The van der Waals surface area contributed by atoms with Crippen LogP contribution in [0.4, 0.5) is 5.69 Å². The summed E-state index contributed by atoms with van der Waals surface area (Å²) in [6.45, 7) is 0.790. The van der Waals surface area contributed by atoms with Gasteiger partial charge in [-0.3, -0.25) is 4.79 Å². The molecular weight excluding hydrogens is 266 g/mol. The first-order valence-corrected chi connectivity index (χ1v) is 7.82. The van der Waals surface area contributed by atoms with Gasteiger partial charge in [-0.15, -0.1) is 0 Å². The number of carboxylic acid groups (broad SMARTS) is 1. The number of fused-ring (bicyclic) bond motifs is 1. The van der Waals surface area contributed by atoms with Crippen molar-refractivity contribution in [1.82, 2.24) is 0 Å². The average Bonchev–Trinajstić information content (AvgIpc) is 2.50. The predicted molar refractivity (Wildman–Crippen MR) is 80.7 cm³/mol. The molecule has 1 aliphatic carbocycles. The molecule has 1 amide bonds. The molecule has 0 radical (unpaired) electrons. The molecule has 0 atom stereocenters. The lowest BCUT2D eigenvalue weighted by Gasteiger charge is -2.34. The molecule has 0 spiro atoms. The summed E-state index contributed by atoms with van der Waals surface area (Å²) in [5, 5.41) is 9.08. The van der Waals surface area contributed by atoms with Crippen LogP contribution in [0.5, 0.6) is 0 Å². The van der Waals surface area contributed by atoms with E-state index >= 15 is 0 Å². The highest BCUT2D eigenvalue weighted by molar-refractivity contribution is 5.97. The minimum Gasteiger partial charge on any atom is -0.478 e. The molecule has 2 aliphatic rings. The second kappa shape index (κ2) is 5.88. The number of carbonyl (C=O) groups is 2. The van der Waals surface area contributed by atoms with E-state index in [0.717, 1.165) is 17.8 Å². The molecule has 0 aromatic heterocycles. The van der Waals surface area contributed by atoms with Crippen molar-refractivity contribution in [3.63, 3.8) is 0 Å². The van der Waals surface area contributed by atoms with Gasteiger partial charge in [0.1, 0.15) is 0 Å². The van der Waals surface area contributed by atoms with Crippen molar-refractivity contribution in [2.45, 2.75) is 44.9 Å². The van der Waals surface area contributed by atoms with Crippen molar-refractivity contribution in [2.24, 2.45) is 5.92 Å². The molecule has 0 unspecified atom stereocenters. The van der Waals surface area contributed by atoms with Gasteiger partial charge in [-0.2, -0.15) is 0 Å². The molecule has 21 heavy (non-hydrogen) atoms.